The first-order valence-electron chi connectivity index (χ1n) is 11.6. The average molecular weight is 476 g/mol. The molecular weight excluding hydrogens is 446 g/mol. The van der Waals surface area contributed by atoms with Crippen molar-refractivity contribution in [3.05, 3.63) is 65.6 Å². The van der Waals surface area contributed by atoms with Crippen LogP contribution in [0.4, 0.5) is 11.6 Å². The van der Waals surface area contributed by atoms with Crippen molar-refractivity contribution < 1.29 is 19.7 Å². The fourth-order valence-electron chi connectivity index (χ4n) is 4.62. The van der Waals surface area contributed by atoms with E-state index in [9.17, 15) is 15.0 Å². The van der Waals surface area contributed by atoms with Crippen molar-refractivity contribution >= 4 is 17.5 Å². The van der Waals surface area contributed by atoms with E-state index in [4.69, 9.17) is 4.74 Å². The van der Waals surface area contributed by atoms with Crippen molar-refractivity contribution in [2.24, 2.45) is 0 Å². The van der Waals surface area contributed by atoms with Gasteiger partial charge < -0.3 is 24.7 Å². The number of hydrogen-bond donors (Lipinski definition) is 2. The highest BCUT2D eigenvalue weighted by atomic mass is 16.5. The number of benzene rings is 1. The molecule has 5 rings (SSSR count). The predicted molar refractivity (Wildman–Crippen MR) is 130 cm³/mol. The summed E-state index contributed by atoms with van der Waals surface area (Å²) in [4.78, 5) is 30.1. The van der Waals surface area contributed by atoms with Crippen molar-refractivity contribution in [3.63, 3.8) is 0 Å². The lowest BCUT2D eigenvalue weighted by Gasteiger charge is -2.38. The third-order valence-corrected chi connectivity index (χ3v) is 6.75. The summed E-state index contributed by atoms with van der Waals surface area (Å²) >= 11 is 0. The molecule has 1 fully saturated rings. The number of anilines is 2. The second kappa shape index (κ2) is 8.67. The van der Waals surface area contributed by atoms with E-state index in [0.717, 1.165) is 22.4 Å². The summed E-state index contributed by atoms with van der Waals surface area (Å²) in [6.07, 6.45) is 5.12. The van der Waals surface area contributed by atoms with Crippen molar-refractivity contribution in [1.82, 2.24) is 19.9 Å². The summed E-state index contributed by atoms with van der Waals surface area (Å²) in [7, 11) is 1.67. The SMILES string of the molecule is CN(CCO)C(=O)c1ccc2c(c1)N(c1ncc(-c3cc(C(C)(C)O)ccn3)cn1)CC21COC1. The van der Waals surface area contributed by atoms with Gasteiger partial charge in [-0.05, 0) is 49.2 Å². The number of nitrogens with zero attached hydrogens (tertiary/aromatic N) is 5. The van der Waals surface area contributed by atoms with Crippen LogP contribution in [0.3, 0.4) is 0 Å². The molecule has 0 atom stereocenters. The number of pyridine rings is 1. The Labute approximate surface area is 204 Å². The number of carbonyl (C=O) groups is 1. The Hall–Kier alpha value is -3.40. The lowest BCUT2D eigenvalue weighted by Crippen LogP contribution is -2.49. The molecule has 2 aliphatic heterocycles. The summed E-state index contributed by atoms with van der Waals surface area (Å²) in [6, 6.07) is 9.34. The van der Waals surface area contributed by atoms with Gasteiger partial charge in [0.2, 0.25) is 5.95 Å². The zero-order chi connectivity index (χ0) is 24.8. The molecular formula is C26H29N5O4. The number of fused-ring (bicyclic) bond motifs is 2. The number of hydrogen-bond acceptors (Lipinski definition) is 8. The van der Waals surface area contributed by atoms with Crippen LogP contribution in [0.15, 0.2) is 48.9 Å². The van der Waals surface area contributed by atoms with Crippen LogP contribution >= 0.6 is 0 Å². The minimum Gasteiger partial charge on any atom is -0.395 e. The molecule has 1 aromatic carbocycles. The highest BCUT2D eigenvalue weighted by Crippen LogP contribution is 2.47. The molecule has 1 saturated heterocycles. The van der Waals surface area contributed by atoms with Crippen molar-refractivity contribution in [2.45, 2.75) is 24.9 Å². The molecule has 35 heavy (non-hydrogen) atoms. The summed E-state index contributed by atoms with van der Waals surface area (Å²) in [5, 5.41) is 19.5. The third-order valence-electron chi connectivity index (χ3n) is 6.75. The summed E-state index contributed by atoms with van der Waals surface area (Å²) in [5.41, 5.74) is 3.64. The van der Waals surface area contributed by atoms with Gasteiger partial charge in [-0.25, -0.2) is 9.97 Å². The van der Waals surface area contributed by atoms with Crippen LogP contribution in [-0.2, 0) is 15.8 Å². The zero-order valence-corrected chi connectivity index (χ0v) is 20.1. The molecule has 0 saturated carbocycles. The fraction of sp³-hybridized carbons (Fsp3) is 0.385. The normalized spacial score (nSPS) is 16.2. The Balaban J connectivity index is 1.47. The van der Waals surface area contributed by atoms with Crippen LogP contribution < -0.4 is 4.90 Å². The van der Waals surface area contributed by atoms with Gasteiger partial charge in [-0.1, -0.05) is 6.07 Å². The second-order valence-electron chi connectivity index (χ2n) is 9.80. The molecule has 0 unspecified atom stereocenters. The summed E-state index contributed by atoms with van der Waals surface area (Å²) in [5.74, 6) is 0.382. The first-order chi connectivity index (χ1) is 16.7. The molecule has 2 aromatic heterocycles. The Morgan fingerprint density at radius 2 is 1.91 bits per heavy atom. The van der Waals surface area contributed by atoms with E-state index < -0.39 is 5.60 Å². The molecule has 1 spiro atoms. The number of amides is 1. The smallest absolute Gasteiger partial charge is 0.253 e. The Morgan fingerprint density at radius 1 is 1.17 bits per heavy atom. The van der Waals surface area contributed by atoms with E-state index in [1.54, 1.807) is 45.6 Å². The minimum atomic E-state index is -0.975. The van der Waals surface area contributed by atoms with Gasteiger partial charge in [0, 0.05) is 55.5 Å². The number of likely N-dealkylation sites (N-methyl/N-ethyl adjacent to an activating group) is 1. The molecule has 3 aromatic rings. The molecule has 1 amide bonds. The quantitative estimate of drug-likeness (QED) is 0.558. The number of rotatable bonds is 6. The van der Waals surface area contributed by atoms with Gasteiger partial charge in [0.05, 0.1) is 36.5 Å². The van der Waals surface area contributed by atoms with Crippen LogP contribution in [0.5, 0.6) is 0 Å². The number of carbonyl (C=O) groups excluding carboxylic acids is 1. The van der Waals surface area contributed by atoms with E-state index >= 15 is 0 Å². The molecule has 4 heterocycles. The molecule has 182 valence electrons. The fourth-order valence-corrected chi connectivity index (χ4v) is 4.62. The van der Waals surface area contributed by atoms with Gasteiger partial charge in [0.25, 0.3) is 5.91 Å². The van der Waals surface area contributed by atoms with Gasteiger partial charge in [-0.3, -0.25) is 9.78 Å². The lowest BCUT2D eigenvalue weighted by molar-refractivity contribution is -0.0507. The van der Waals surface area contributed by atoms with E-state index in [2.05, 4.69) is 15.0 Å². The first kappa shape index (κ1) is 23.3. The minimum absolute atomic E-state index is 0.0898. The Bertz CT molecular complexity index is 1250. The topological polar surface area (TPSA) is 112 Å². The first-order valence-corrected chi connectivity index (χ1v) is 11.6. The van der Waals surface area contributed by atoms with Crippen LogP contribution in [0.2, 0.25) is 0 Å². The number of ether oxygens (including phenoxy) is 1. The van der Waals surface area contributed by atoms with Gasteiger partial charge in [-0.15, -0.1) is 0 Å². The van der Waals surface area contributed by atoms with Crippen LogP contribution in [0, 0.1) is 0 Å². The largest absolute Gasteiger partial charge is 0.395 e. The molecule has 0 aliphatic carbocycles. The molecule has 9 heteroatoms. The maximum atomic E-state index is 12.8. The molecule has 9 nitrogen and oxygen atoms in total. The standard InChI is InChI=1S/C26H29N5O4/c1-25(2,34)19-6-7-27-21(11-19)18-12-28-24(29-13-18)31-14-26(15-35-16-26)20-5-4-17(10-22(20)31)23(33)30(3)8-9-32/h4-7,10-13,32,34H,8-9,14-16H2,1-3H3. The maximum absolute atomic E-state index is 12.8. The molecule has 0 bridgehead atoms. The van der Waals surface area contributed by atoms with Gasteiger partial charge in [-0.2, -0.15) is 0 Å². The number of aliphatic hydroxyl groups excluding tert-OH is 1. The van der Waals surface area contributed by atoms with Gasteiger partial charge in [0.1, 0.15) is 0 Å². The maximum Gasteiger partial charge on any atom is 0.253 e. The van der Waals surface area contributed by atoms with Crippen LogP contribution in [0.25, 0.3) is 11.3 Å². The lowest BCUT2D eigenvalue weighted by atomic mass is 9.80. The Morgan fingerprint density at radius 3 is 2.54 bits per heavy atom. The third kappa shape index (κ3) is 4.16. The highest BCUT2D eigenvalue weighted by molar-refractivity contribution is 5.96. The molecule has 0 radical (unpaired) electrons. The summed E-state index contributed by atoms with van der Waals surface area (Å²) in [6.45, 7) is 5.53. The van der Waals surface area contributed by atoms with E-state index in [1.807, 2.05) is 29.2 Å². The zero-order valence-electron chi connectivity index (χ0n) is 20.1. The average Bonchev–Trinajstić information content (AvgIpc) is 3.19. The Kier molecular flexibility index (Phi) is 5.79. The van der Waals surface area contributed by atoms with E-state index in [0.29, 0.717) is 37.0 Å². The second-order valence-corrected chi connectivity index (χ2v) is 9.80. The van der Waals surface area contributed by atoms with Crippen molar-refractivity contribution in [1.29, 1.82) is 0 Å². The van der Waals surface area contributed by atoms with Crippen LogP contribution in [-0.4, -0.2) is 75.9 Å². The van der Waals surface area contributed by atoms with Gasteiger partial charge in [0.15, 0.2) is 0 Å². The predicted octanol–water partition coefficient (Wildman–Crippen LogP) is 2.25. The van der Waals surface area contributed by atoms with Crippen molar-refractivity contribution in [3.8, 4) is 11.3 Å². The highest BCUT2D eigenvalue weighted by Gasteiger charge is 2.49. The summed E-state index contributed by atoms with van der Waals surface area (Å²) < 4.78 is 5.57. The molecule has 2 aliphatic rings. The van der Waals surface area contributed by atoms with E-state index in [-0.39, 0.29) is 24.5 Å². The van der Waals surface area contributed by atoms with E-state index in [1.165, 1.54) is 4.90 Å². The molecule has 2 N–H and O–H groups in total. The van der Waals surface area contributed by atoms with Gasteiger partial charge >= 0.3 is 0 Å². The number of aliphatic hydroxyl groups is 2. The van der Waals surface area contributed by atoms with Crippen LogP contribution in [0.1, 0.15) is 35.3 Å². The monoisotopic (exact) mass is 475 g/mol. The van der Waals surface area contributed by atoms with Crippen molar-refractivity contribution in [2.75, 3.05) is 44.9 Å². The number of aromatic nitrogens is 3.